The molecule has 0 atom stereocenters. The van der Waals surface area contributed by atoms with Gasteiger partial charge in [0, 0.05) is 45.2 Å². The van der Waals surface area contributed by atoms with E-state index in [0.29, 0.717) is 6.54 Å². The van der Waals surface area contributed by atoms with Gasteiger partial charge in [0.25, 0.3) is 0 Å². The van der Waals surface area contributed by atoms with Gasteiger partial charge in [-0.25, -0.2) is 9.67 Å². The van der Waals surface area contributed by atoms with Gasteiger partial charge in [0.15, 0.2) is 11.8 Å². The molecule has 1 aliphatic rings. The van der Waals surface area contributed by atoms with Gasteiger partial charge in [0.1, 0.15) is 0 Å². The molecule has 0 aliphatic heterocycles. The van der Waals surface area contributed by atoms with E-state index in [4.69, 9.17) is 4.74 Å². The number of aryl methyl sites for hydroxylation is 2. The molecule has 2 heterocycles. The Morgan fingerprint density at radius 3 is 2.71 bits per heavy atom. The van der Waals surface area contributed by atoms with Crippen LogP contribution in [0, 0.1) is 19.8 Å². The lowest BCUT2D eigenvalue weighted by molar-refractivity contribution is 0.123. The Labute approximate surface area is 184 Å². The maximum atomic E-state index is 5.64. The third-order valence-corrected chi connectivity index (χ3v) is 4.53. The predicted molar refractivity (Wildman–Crippen MR) is 123 cm³/mol. The van der Waals surface area contributed by atoms with Crippen molar-refractivity contribution < 1.29 is 4.74 Å². The van der Waals surface area contributed by atoms with Crippen LogP contribution in [0.1, 0.15) is 36.2 Å². The van der Waals surface area contributed by atoms with Crippen LogP contribution in [0.4, 0.5) is 0 Å². The maximum absolute atomic E-state index is 5.64. The number of halogens is 1. The predicted octanol–water partition coefficient (Wildman–Crippen LogP) is 2.98. The van der Waals surface area contributed by atoms with Gasteiger partial charge in [-0.1, -0.05) is 6.07 Å². The van der Waals surface area contributed by atoms with E-state index in [0.717, 1.165) is 60.8 Å². The summed E-state index contributed by atoms with van der Waals surface area (Å²) in [5, 5.41) is 11.1. The quantitative estimate of drug-likeness (QED) is 0.241. The minimum Gasteiger partial charge on any atom is -0.381 e. The smallest absolute Gasteiger partial charge is 0.191 e. The number of nitrogens with one attached hydrogen (secondary N) is 2. The Balaban J connectivity index is 0.00000280. The first-order valence-electron chi connectivity index (χ1n) is 9.66. The zero-order chi connectivity index (χ0) is 19.1. The molecule has 1 aliphatic carbocycles. The number of hydrogen-bond acceptors (Lipinski definition) is 4. The number of ether oxygens (including phenoxy) is 1. The highest BCUT2D eigenvalue weighted by molar-refractivity contribution is 14.0. The Hall–Kier alpha value is -1.68. The molecule has 3 rings (SSSR count). The van der Waals surface area contributed by atoms with Crippen molar-refractivity contribution in [2.75, 3.05) is 26.8 Å². The molecular weight excluding hydrogens is 467 g/mol. The fourth-order valence-electron chi connectivity index (χ4n) is 2.83. The summed E-state index contributed by atoms with van der Waals surface area (Å²) < 4.78 is 7.50. The lowest BCUT2D eigenvalue weighted by Gasteiger charge is -2.12. The summed E-state index contributed by atoms with van der Waals surface area (Å²) in [4.78, 5) is 8.78. The number of pyridine rings is 1. The Morgan fingerprint density at radius 1 is 1.29 bits per heavy atom. The van der Waals surface area contributed by atoms with Crippen LogP contribution in [0.5, 0.6) is 0 Å². The van der Waals surface area contributed by atoms with Crippen molar-refractivity contribution >= 4 is 29.9 Å². The van der Waals surface area contributed by atoms with Crippen molar-refractivity contribution in [1.82, 2.24) is 25.4 Å². The fourth-order valence-corrected chi connectivity index (χ4v) is 2.83. The number of guanidine groups is 1. The molecule has 0 amide bonds. The highest BCUT2D eigenvalue weighted by Gasteiger charge is 2.20. The van der Waals surface area contributed by atoms with Gasteiger partial charge in [-0.2, -0.15) is 5.10 Å². The first-order valence-corrected chi connectivity index (χ1v) is 9.66. The van der Waals surface area contributed by atoms with Crippen LogP contribution in [0.2, 0.25) is 0 Å². The molecule has 7 nitrogen and oxygen atoms in total. The van der Waals surface area contributed by atoms with E-state index in [1.165, 1.54) is 12.8 Å². The minimum absolute atomic E-state index is 0. The summed E-state index contributed by atoms with van der Waals surface area (Å²) in [6, 6.07) is 6.10. The van der Waals surface area contributed by atoms with Crippen molar-refractivity contribution in [3.05, 3.63) is 41.3 Å². The zero-order valence-electron chi connectivity index (χ0n) is 16.9. The molecule has 1 fully saturated rings. The van der Waals surface area contributed by atoms with Crippen molar-refractivity contribution in [3.8, 4) is 5.82 Å². The van der Waals surface area contributed by atoms with Crippen molar-refractivity contribution in [1.29, 1.82) is 0 Å². The van der Waals surface area contributed by atoms with Crippen LogP contribution < -0.4 is 10.6 Å². The van der Waals surface area contributed by atoms with E-state index in [1.807, 2.05) is 36.9 Å². The molecule has 154 valence electrons. The Kier molecular flexibility index (Phi) is 9.17. The van der Waals surface area contributed by atoms with Crippen LogP contribution in [0.25, 0.3) is 5.82 Å². The van der Waals surface area contributed by atoms with E-state index >= 15 is 0 Å². The molecule has 2 aromatic rings. The van der Waals surface area contributed by atoms with Crippen LogP contribution in [-0.2, 0) is 11.3 Å². The third-order valence-electron chi connectivity index (χ3n) is 4.53. The molecule has 0 saturated heterocycles. The second-order valence-electron chi connectivity index (χ2n) is 7.09. The molecule has 2 aromatic heterocycles. The lowest BCUT2D eigenvalue weighted by Crippen LogP contribution is -2.37. The molecule has 0 radical (unpaired) electrons. The third kappa shape index (κ3) is 7.05. The minimum atomic E-state index is 0. The van der Waals surface area contributed by atoms with Gasteiger partial charge >= 0.3 is 0 Å². The highest BCUT2D eigenvalue weighted by atomic mass is 127. The van der Waals surface area contributed by atoms with E-state index in [1.54, 1.807) is 7.05 Å². The van der Waals surface area contributed by atoms with E-state index < -0.39 is 0 Å². The number of aliphatic imine (C=N–C) groups is 1. The second kappa shape index (κ2) is 11.4. The monoisotopic (exact) mass is 498 g/mol. The zero-order valence-corrected chi connectivity index (χ0v) is 19.3. The van der Waals surface area contributed by atoms with Gasteiger partial charge in [0.05, 0.1) is 5.69 Å². The highest BCUT2D eigenvalue weighted by Crippen LogP contribution is 2.28. The van der Waals surface area contributed by atoms with Gasteiger partial charge in [-0.3, -0.25) is 4.99 Å². The first kappa shape index (κ1) is 22.6. The van der Waals surface area contributed by atoms with Crippen LogP contribution in [0.15, 0.2) is 29.4 Å². The number of nitrogens with zero attached hydrogens (tertiary/aromatic N) is 4. The topological polar surface area (TPSA) is 76.4 Å². The van der Waals surface area contributed by atoms with Gasteiger partial charge in [0.2, 0.25) is 0 Å². The van der Waals surface area contributed by atoms with Gasteiger partial charge in [-0.15, -0.1) is 24.0 Å². The molecular formula is C20H31IN6O. The summed E-state index contributed by atoms with van der Waals surface area (Å²) in [6.07, 6.45) is 5.53. The molecule has 8 heteroatoms. The summed E-state index contributed by atoms with van der Waals surface area (Å²) in [6.45, 7) is 7.26. The van der Waals surface area contributed by atoms with Crippen LogP contribution in [-0.4, -0.2) is 47.5 Å². The van der Waals surface area contributed by atoms with Crippen molar-refractivity contribution in [2.45, 2.75) is 39.7 Å². The summed E-state index contributed by atoms with van der Waals surface area (Å²) >= 11 is 0. The van der Waals surface area contributed by atoms with Gasteiger partial charge < -0.3 is 15.4 Å². The van der Waals surface area contributed by atoms with Crippen molar-refractivity contribution in [3.63, 3.8) is 0 Å². The molecule has 0 unspecified atom stereocenters. The molecule has 2 N–H and O–H groups in total. The number of aromatic nitrogens is 3. The Morgan fingerprint density at radius 2 is 2.11 bits per heavy atom. The van der Waals surface area contributed by atoms with Crippen molar-refractivity contribution in [2.24, 2.45) is 10.9 Å². The standard InChI is InChI=1S/C20H30N6O.HI/c1-15-11-16(2)26(25-15)19-8-7-18(12-23-19)13-24-20(21-3)22-9-4-10-27-14-17-5-6-17;/h7-8,11-12,17H,4-6,9-10,13-14H2,1-3H3,(H2,21,22,24);1H. The maximum Gasteiger partial charge on any atom is 0.191 e. The molecule has 28 heavy (non-hydrogen) atoms. The lowest BCUT2D eigenvalue weighted by atomic mass is 10.3. The summed E-state index contributed by atoms with van der Waals surface area (Å²) in [5.41, 5.74) is 3.17. The molecule has 0 spiro atoms. The summed E-state index contributed by atoms with van der Waals surface area (Å²) in [7, 11) is 1.78. The van der Waals surface area contributed by atoms with Crippen LogP contribution in [0.3, 0.4) is 0 Å². The average Bonchev–Trinajstić information content (AvgIpc) is 3.43. The molecule has 1 saturated carbocycles. The van der Waals surface area contributed by atoms with Gasteiger partial charge in [-0.05, 0) is 56.7 Å². The summed E-state index contributed by atoms with van der Waals surface area (Å²) in [5.74, 6) is 2.45. The normalized spacial score (nSPS) is 13.9. The van der Waals surface area contributed by atoms with E-state index in [-0.39, 0.29) is 24.0 Å². The molecule has 0 bridgehead atoms. The average molecular weight is 498 g/mol. The molecule has 0 aromatic carbocycles. The van der Waals surface area contributed by atoms with E-state index in [2.05, 4.69) is 31.8 Å². The number of rotatable bonds is 9. The SMILES string of the molecule is CN=C(NCCCOCC1CC1)NCc1ccc(-n2nc(C)cc2C)nc1.I. The fraction of sp³-hybridized carbons (Fsp3) is 0.550. The van der Waals surface area contributed by atoms with E-state index in [9.17, 15) is 0 Å². The number of hydrogen-bond donors (Lipinski definition) is 2. The largest absolute Gasteiger partial charge is 0.381 e. The van der Waals surface area contributed by atoms with Crippen LogP contribution >= 0.6 is 24.0 Å². The Bertz CT molecular complexity index is 755. The second-order valence-corrected chi connectivity index (χ2v) is 7.09. The first-order chi connectivity index (χ1) is 13.2.